The van der Waals surface area contributed by atoms with Crippen LogP contribution in [0.15, 0.2) is 42.5 Å². The zero-order valence-electron chi connectivity index (χ0n) is 9.91. The van der Waals surface area contributed by atoms with Crippen LogP contribution in [-0.2, 0) is 0 Å². The number of benzene rings is 2. The van der Waals surface area contributed by atoms with Crippen LogP contribution in [0, 0.1) is 12.7 Å². The predicted octanol–water partition coefficient (Wildman–Crippen LogP) is 2.97. The molecule has 0 saturated heterocycles. The minimum absolute atomic E-state index is 0.0108. The number of anilines is 2. The molecule has 0 bridgehead atoms. The van der Waals surface area contributed by atoms with E-state index in [0.717, 1.165) is 5.56 Å². The number of nitrogens with two attached hydrogens (primary N) is 1. The van der Waals surface area contributed by atoms with Crippen LogP contribution in [0.25, 0.3) is 0 Å². The Morgan fingerprint density at radius 3 is 2.44 bits per heavy atom. The Kier molecular flexibility index (Phi) is 3.28. The van der Waals surface area contributed by atoms with Gasteiger partial charge >= 0.3 is 0 Å². The van der Waals surface area contributed by atoms with Crippen molar-refractivity contribution in [2.45, 2.75) is 6.92 Å². The van der Waals surface area contributed by atoms with Gasteiger partial charge in [-0.15, -0.1) is 0 Å². The lowest BCUT2D eigenvalue weighted by Gasteiger charge is -2.06. The Morgan fingerprint density at radius 2 is 1.83 bits per heavy atom. The van der Waals surface area contributed by atoms with Gasteiger partial charge in [-0.2, -0.15) is 0 Å². The van der Waals surface area contributed by atoms with Crippen LogP contribution in [0.2, 0.25) is 0 Å². The van der Waals surface area contributed by atoms with E-state index >= 15 is 0 Å². The van der Waals surface area contributed by atoms with E-state index in [0.29, 0.717) is 11.3 Å². The molecule has 0 unspecified atom stereocenters. The van der Waals surface area contributed by atoms with Crippen molar-refractivity contribution < 1.29 is 9.18 Å². The molecule has 0 heterocycles. The summed E-state index contributed by atoms with van der Waals surface area (Å²) in [7, 11) is 0. The highest BCUT2D eigenvalue weighted by Gasteiger charge is 2.06. The van der Waals surface area contributed by atoms with E-state index in [9.17, 15) is 9.18 Å². The van der Waals surface area contributed by atoms with E-state index in [4.69, 9.17) is 5.73 Å². The summed E-state index contributed by atoms with van der Waals surface area (Å²) in [4.78, 5) is 11.9. The number of aryl methyl sites for hydroxylation is 1. The lowest BCUT2D eigenvalue weighted by molar-refractivity contribution is 0.102. The van der Waals surface area contributed by atoms with Gasteiger partial charge in [0.2, 0.25) is 0 Å². The second kappa shape index (κ2) is 4.87. The molecular weight excluding hydrogens is 231 g/mol. The zero-order valence-corrected chi connectivity index (χ0v) is 9.91. The Morgan fingerprint density at radius 1 is 1.17 bits per heavy atom. The molecule has 4 heteroatoms. The largest absolute Gasteiger partial charge is 0.396 e. The molecule has 2 rings (SSSR count). The number of rotatable bonds is 2. The lowest BCUT2D eigenvalue weighted by Crippen LogP contribution is -2.12. The van der Waals surface area contributed by atoms with Crippen molar-refractivity contribution in [3.63, 3.8) is 0 Å². The standard InChI is InChI=1S/C14H13FN2O/c1-9-2-4-10(5-3-9)14(18)17-11-6-7-12(15)13(16)8-11/h2-8H,16H2,1H3,(H,17,18). The highest BCUT2D eigenvalue weighted by Crippen LogP contribution is 2.17. The third kappa shape index (κ3) is 2.66. The summed E-state index contributed by atoms with van der Waals surface area (Å²) >= 11 is 0. The maximum Gasteiger partial charge on any atom is 0.255 e. The SMILES string of the molecule is Cc1ccc(C(=O)Nc2ccc(F)c(N)c2)cc1. The maximum atomic E-state index is 13.0. The zero-order chi connectivity index (χ0) is 13.1. The van der Waals surface area contributed by atoms with Gasteiger partial charge in [0.15, 0.2) is 0 Å². The van der Waals surface area contributed by atoms with Crippen LogP contribution < -0.4 is 11.1 Å². The van der Waals surface area contributed by atoms with Crippen LogP contribution in [0.3, 0.4) is 0 Å². The fourth-order valence-corrected chi connectivity index (χ4v) is 1.53. The van der Waals surface area contributed by atoms with Crippen molar-refractivity contribution in [2.24, 2.45) is 0 Å². The molecule has 0 aliphatic heterocycles. The fraction of sp³-hybridized carbons (Fsp3) is 0.0714. The van der Waals surface area contributed by atoms with Crippen molar-refractivity contribution >= 4 is 17.3 Å². The van der Waals surface area contributed by atoms with Crippen molar-refractivity contribution in [1.82, 2.24) is 0 Å². The van der Waals surface area contributed by atoms with E-state index in [1.807, 2.05) is 19.1 Å². The molecule has 1 amide bonds. The van der Waals surface area contributed by atoms with Gasteiger partial charge in [0.25, 0.3) is 5.91 Å². The number of carbonyl (C=O) groups is 1. The van der Waals surface area contributed by atoms with Gasteiger partial charge in [0.1, 0.15) is 5.82 Å². The second-order valence-corrected chi connectivity index (χ2v) is 4.06. The molecule has 92 valence electrons. The summed E-state index contributed by atoms with van der Waals surface area (Å²) in [6.45, 7) is 1.95. The Hall–Kier alpha value is -2.36. The molecule has 3 N–H and O–H groups in total. The van der Waals surface area contributed by atoms with Crippen LogP contribution in [0.5, 0.6) is 0 Å². The van der Waals surface area contributed by atoms with Gasteiger partial charge in [-0.05, 0) is 37.3 Å². The van der Waals surface area contributed by atoms with Crippen LogP contribution in [-0.4, -0.2) is 5.91 Å². The van der Waals surface area contributed by atoms with Gasteiger partial charge in [-0.25, -0.2) is 4.39 Å². The number of nitrogens with one attached hydrogen (secondary N) is 1. The minimum Gasteiger partial charge on any atom is -0.396 e. The monoisotopic (exact) mass is 244 g/mol. The fourth-order valence-electron chi connectivity index (χ4n) is 1.53. The lowest BCUT2D eigenvalue weighted by atomic mass is 10.1. The summed E-state index contributed by atoms with van der Waals surface area (Å²) in [6.07, 6.45) is 0. The Labute approximate surface area is 104 Å². The maximum absolute atomic E-state index is 13.0. The summed E-state index contributed by atoms with van der Waals surface area (Å²) < 4.78 is 13.0. The topological polar surface area (TPSA) is 55.1 Å². The van der Waals surface area contributed by atoms with E-state index in [1.165, 1.54) is 18.2 Å². The molecule has 0 fully saturated rings. The first-order valence-corrected chi connectivity index (χ1v) is 5.49. The van der Waals surface area contributed by atoms with Crippen molar-refractivity contribution in [3.8, 4) is 0 Å². The average Bonchev–Trinajstić information content (AvgIpc) is 2.34. The number of halogens is 1. The number of hydrogen-bond donors (Lipinski definition) is 2. The molecule has 2 aromatic rings. The van der Waals surface area contributed by atoms with Crippen molar-refractivity contribution in [2.75, 3.05) is 11.1 Å². The third-order valence-corrected chi connectivity index (χ3v) is 2.57. The first-order valence-electron chi connectivity index (χ1n) is 5.49. The highest BCUT2D eigenvalue weighted by atomic mass is 19.1. The van der Waals surface area contributed by atoms with Gasteiger partial charge < -0.3 is 11.1 Å². The summed E-state index contributed by atoms with van der Waals surface area (Å²) in [6, 6.07) is 11.3. The molecular formula is C14H13FN2O. The first kappa shape index (κ1) is 12.1. The number of carbonyl (C=O) groups excluding carboxylic acids is 1. The molecule has 0 aliphatic carbocycles. The van der Waals surface area contributed by atoms with E-state index in [1.54, 1.807) is 12.1 Å². The van der Waals surface area contributed by atoms with E-state index in [2.05, 4.69) is 5.32 Å². The molecule has 0 spiro atoms. The van der Waals surface area contributed by atoms with Crippen LogP contribution in [0.1, 0.15) is 15.9 Å². The first-order chi connectivity index (χ1) is 8.56. The number of amides is 1. The van der Waals surface area contributed by atoms with Gasteiger partial charge in [-0.3, -0.25) is 4.79 Å². The van der Waals surface area contributed by atoms with Gasteiger partial charge in [0.05, 0.1) is 5.69 Å². The molecule has 0 aromatic heterocycles. The summed E-state index contributed by atoms with van der Waals surface area (Å²) in [5.74, 6) is -0.746. The van der Waals surface area contributed by atoms with Crippen LogP contribution in [0.4, 0.5) is 15.8 Å². The third-order valence-electron chi connectivity index (χ3n) is 2.57. The minimum atomic E-state index is -0.497. The van der Waals surface area contributed by atoms with Crippen molar-refractivity contribution in [3.05, 3.63) is 59.4 Å². The summed E-state index contributed by atoms with van der Waals surface area (Å²) in [5, 5.41) is 2.66. The predicted molar refractivity (Wildman–Crippen MR) is 69.9 cm³/mol. The van der Waals surface area contributed by atoms with Crippen molar-refractivity contribution in [1.29, 1.82) is 0 Å². The number of hydrogen-bond acceptors (Lipinski definition) is 2. The van der Waals surface area contributed by atoms with E-state index in [-0.39, 0.29) is 11.6 Å². The molecule has 0 radical (unpaired) electrons. The molecule has 18 heavy (non-hydrogen) atoms. The quantitative estimate of drug-likeness (QED) is 0.798. The van der Waals surface area contributed by atoms with E-state index < -0.39 is 5.82 Å². The van der Waals surface area contributed by atoms with Gasteiger partial charge in [-0.1, -0.05) is 17.7 Å². The Balaban J connectivity index is 2.16. The Bertz CT molecular complexity index is 579. The number of nitrogen functional groups attached to an aromatic ring is 1. The molecule has 0 aliphatic rings. The molecule has 3 nitrogen and oxygen atoms in total. The molecule has 0 saturated carbocycles. The molecule has 0 atom stereocenters. The van der Waals surface area contributed by atoms with Gasteiger partial charge in [0, 0.05) is 11.3 Å². The van der Waals surface area contributed by atoms with Crippen LogP contribution >= 0.6 is 0 Å². The smallest absolute Gasteiger partial charge is 0.255 e. The summed E-state index contributed by atoms with van der Waals surface area (Å²) in [5.41, 5.74) is 7.54. The second-order valence-electron chi connectivity index (χ2n) is 4.06. The average molecular weight is 244 g/mol. The highest BCUT2D eigenvalue weighted by molar-refractivity contribution is 6.04. The molecule has 2 aromatic carbocycles. The normalized spacial score (nSPS) is 10.1.